The molecule has 1 amide bonds. The molecule has 3 rings (SSSR count). The monoisotopic (exact) mass is 428 g/mol. The Morgan fingerprint density at radius 2 is 2.00 bits per heavy atom. The van der Waals surface area contributed by atoms with E-state index >= 15 is 0 Å². The SMILES string of the molecule is CCCn1c(N)c(N(CCOC)C(=O)Cc2ccc(-n3cnnn3)cc2)c(=O)[nH]c1=O. The molecule has 0 aliphatic rings. The Hall–Kier alpha value is -3.80. The summed E-state index contributed by atoms with van der Waals surface area (Å²) in [6.07, 6.45) is 2.12. The molecule has 0 aliphatic carbocycles. The molecule has 0 aliphatic heterocycles. The number of anilines is 2. The maximum Gasteiger partial charge on any atom is 0.330 e. The number of rotatable bonds is 9. The van der Waals surface area contributed by atoms with E-state index in [0.29, 0.717) is 13.0 Å². The fraction of sp³-hybridized carbons (Fsp3) is 0.368. The van der Waals surface area contributed by atoms with Crippen LogP contribution >= 0.6 is 0 Å². The average Bonchev–Trinajstić information content (AvgIpc) is 3.28. The molecular formula is C19H24N8O4. The quantitative estimate of drug-likeness (QED) is 0.472. The van der Waals surface area contributed by atoms with Crippen molar-refractivity contribution < 1.29 is 9.53 Å². The zero-order chi connectivity index (χ0) is 22.4. The summed E-state index contributed by atoms with van der Waals surface area (Å²) in [5.41, 5.74) is 6.22. The first-order valence-electron chi connectivity index (χ1n) is 9.70. The van der Waals surface area contributed by atoms with Gasteiger partial charge in [0.2, 0.25) is 5.91 Å². The van der Waals surface area contributed by atoms with Gasteiger partial charge in [-0.25, -0.2) is 9.48 Å². The van der Waals surface area contributed by atoms with Gasteiger partial charge in [-0.15, -0.1) is 5.10 Å². The van der Waals surface area contributed by atoms with Gasteiger partial charge in [-0.2, -0.15) is 0 Å². The van der Waals surface area contributed by atoms with Crippen LogP contribution in [0.25, 0.3) is 5.69 Å². The Morgan fingerprint density at radius 1 is 1.26 bits per heavy atom. The largest absolute Gasteiger partial charge is 0.383 e. The molecule has 2 aromatic heterocycles. The number of methoxy groups -OCH3 is 1. The predicted octanol–water partition coefficient (Wildman–Crippen LogP) is -0.273. The first-order valence-corrected chi connectivity index (χ1v) is 9.70. The summed E-state index contributed by atoms with van der Waals surface area (Å²) < 4.78 is 7.84. The van der Waals surface area contributed by atoms with Crippen molar-refractivity contribution >= 4 is 17.4 Å². The minimum Gasteiger partial charge on any atom is -0.383 e. The normalized spacial score (nSPS) is 10.9. The van der Waals surface area contributed by atoms with Crippen molar-refractivity contribution in [3.8, 4) is 5.69 Å². The van der Waals surface area contributed by atoms with E-state index in [1.165, 1.54) is 27.6 Å². The van der Waals surface area contributed by atoms with Crippen molar-refractivity contribution in [2.45, 2.75) is 26.3 Å². The molecule has 1 aromatic carbocycles. The Labute approximate surface area is 177 Å². The highest BCUT2D eigenvalue weighted by Crippen LogP contribution is 2.19. The van der Waals surface area contributed by atoms with Crippen LogP contribution in [-0.4, -0.2) is 55.9 Å². The van der Waals surface area contributed by atoms with Gasteiger partial charge in [0, 0.05) is 20.2 Å². The number of hydrogen-bond acceptors (Lipinski definition) is 8. The highest BCUT2D eigenvalue weighted by molar-refractivity contribution is 5.96. The van der Waals surface area contributed by atoms with E-state index in [2.05, 4.69) is 20.5 Å². The molecule has 31 heavy (non-hydrogen) atoms. The summed E-state index contributed by atoms with van der Waals surface area (Å²) in [5, 5.41) is 11.0. The van der Waals surface area contributed by atoms with Gasteiger partial charge < -0.3 is 15.4 Å². The lowest BCUT2D eigenvalue weighted by Crippen LogP contribution is -2.43. The van der Waals surface area contributed by atoms with E-state index in [1.807, 2.05) is 6.92 Å². The van der Waals surface area contributed by atoms with Gasteiger partial charge in [-0.1, -0.05) is 19.1 Å². The number of carbonyl (C=O) groups is 1. The first kappa shape index (κ1) is 21.9. The van der Waals surface area contributed by atoms with Gasteiger partial charge in [0.05, 0.1) is 18.7 Å². The lowest BCUT2D eigenvalue weighted by atomic mass is 10.1. The number of amides is 1. The molecule has 0 saturated carbocycles. The predicted molar refractivity (Wildman–Crippen MR) is 113 cm³/mol. The molecule has 2 heterocycles. The molecule has 0 atom stereocenters. The van der Waals surface area contributed by atoms with Gasteiger partial charge in [-0.05, 0) is 34.5 Å². The molecule has 12 heteroatoms. The average molecular weight is 428 g/mol. The fourth-order valence-corrected chi connectivity index (χ4v) is 3.14. The molecule has 3 N–H and O–H groups in total. The lowest BCUT2D eigenvalue weighted by molar-refractivity contribution is -0.118. The number of ether oxygens (including phenoxy) is 1. The second kappa shape index (κ2) is 9.80. The van der Waals surface area contributed by atoms with E-state index in [9.17, 15) is 14.4 Å². The van der Waals surface area contributed by atoms with Crippen LogP contribution < -0.4 is 21.9 Å². The van der Waals surface area contributed by atoms with E-state index in [0.717, 1.165) is 11.3 Å². The van der Waals surface area contributed by atoms with Crippen LogP contribution in [0, 0.1) is 0 Å². The second-order valence-corrected chi connectivity index (χ2v) is 6.78. The molecular weight excluding hydrogens is 404 g/mol. The number of benzene rings is 1. The molecule has 0 spiro atoms. The van der Waals surface area contributed by atoms with Crippen molar-refractivity contribution in [3.63, 3.8) is 0 Å². The van der Waals surface area contributed by atoms with Crippen LogP contribution in [0.15, 0.2) is 40.2 Å². The highest BCUT2D eigenvalue weighted by Gasteiger charge is 2.24. The molecule has 0 bridgehead atoms. The summed E-state index contributed by atoms with van der Waals surface area (Å²) in [6, 6.07) is 7.10. The number of nitrogens with two attached hydrogens (primary N) is 1. The van der Waals surface area contributed by atoms with Crippen LogP contribution in [0.4, 0.5) is 11.5 Å². The molecule has 0 unspecified atom stereocenters. The Kier molecular flexibility index (Phi) is 6.92. The van der Waals surface area contributed by atoms with E-state index in [1.54, 1.807) is 24.3 Å². The van der Waals surface area contributed by atoms with Crippen LogP contribution in [0.1, 0.15) is 18.9 Å². The third-order valence-electron chi connectivity index (χ3n) is 4.66. The molecule has 0 radical (unpaired) electrons. The number of aromatic nitrogens is 6. The summed E-state index contributed by atoms with van der Waals surface area (Å²) >= 11 is 0. The summed E-state index contributed by atoms with van der Waals surface area (Å²) in [4.78, 5) is 41.3. The number of nitrogens with zero attached hydrogens (tertiary/aromatic N) is 6. The van der Waals surface area contributed by atoms with Crippen LogP contribution in [0.5, 0.6) is 0 Å². The number of carbonyl (C=O) groups excluding carboxylic acids is 1. The van der Waals surface area contributed by atoms with Crippen molar-refractivity contribution in [3.05, 3.63) is 57.0 Å². The van der Waals surface area contributed by atoms with Crippen LogP contribution in [0.3, 0.4) is 0 Å². The van der Waals surface area contributed by atoms with Gasteiger partial charge in [-0.3, -0.25) is 19.1 Å². The second-order valence-electron chi connectivity index (χ2n) is 6.78. The highest BCUT2D eigenvalue weighted by atomic mass is 16.5. The maximum atomic E-state index is 13.1. The molecule has 0 fully saturated rings. The lowest BCUT2D eigenvalue weighted by Gasteiger charge is -2.24. The third-order valence-corrected chi connectivity index (χ3v) is 4.66. The zero-order valence-electron chi connectivity index (χ0n) is 17.3. The van der Waals surface area contributed by atoms with Crippen LogP contribution in [-0.2, 0) is 22.5 Å². The Morgan fingerprint density at radius 3 is 2.61 bits per heavy atom. The van der Waals surface area contributed by atoms with Gasteiger partial charge >= 0.3 is 5.69 Å². The maximum absolute atomic E-state index is 13.1. The number of aromatic amines is 1. The van der Waals surface area contributed by atoms with Gasteiger partial charge in [0.25, 0.3) is 5.56 Å². The van der Waals surface area contributed by atoms with Crippen molar-refractivity contribution in [1.29, 1.82) is 0 Å². The molecule has 12 nitrogen and oxygen atoms in total. The minimum absolute atomic E-state index is 0.0192. The topological polar surface area (TPSA) is 154 Å². The van der Waals surface area contributed by atoms with E-state index < -0.39 is 11.2 Å². The van der Waals surface area contributed by atoms with Crippen LogP contribution in [0.2, 0.25) is 0 Å². The summed E-state index contributed by atoms with van der Waals surface area (Å²) in [5.74, 6) is -0.403. The standard InChI is InChI=1S/C19H24N8O4/c1-3-8-26-17(20)16(18(29)22-19(26)30)25(9-10-31-2)15(28)11-13-4-6-14(7-5-13)27-12-21-23-24-27/h4-7,12H,3,8-11,20H2,1-2H3,(H,22,29,30). The van der Waals surface area contributed by atoms with Gasteiger partial charge in [0.1, 0.15) is 12.1 Å². The van der Waals surface area contributed by atoms with Gasteiger partial charge in [0.15, 0.2) is 5.69 Å². The summed E-state index contributed by atoms with van der Waals surface area (Å²) in [7, 11) is 1.49. The Balaban J connectivity index is 1.91. The van der Waals surface area contributed by atoms with Crippen molar-refractivity contribution in [2.24, 2.45) is 0 Å². The van der Waals surface area contributed by atoms with Crippen molar-refractivity contribution in [2.75, 3.05) is 30.9 Å². The number of tetrazole rings is 1. The number of nitrogen functional groups attached to an aromatic ring is 1. The zero-order valence-corrected chi connectivity index (χ0v) is 17.3. The molecule has 3 aromatic rings. The number of nitrogens with one attached hydrogen (secondary N) is 1. The number of hydrogen-bond donors (Lipinski definition) is 2. The smallest absolute Gasteiger partial charge is 0.330 e. The van der Waals surface area contributed by atoms with E-state index in [4.69, 9.17) is 10.5 Å². The third kappa shape index (κ3) is 4.86. The summed E-state index contributed by atoms with van der Waals surface area (Å²) in [6.45, 7) is 2.49. The Bertz CT molecular complexity index is 1140. The van der Waals surface area contributed by atoms with E-state index in [-0.39, 0.29) is 37.0 Å². The molecule has 0 saturated heterocycles. The first-order chi connectivity index (χ1) is 15.0. The van der Waals surface area contributed by atoms with Crippen molar-refractivity contribution in [1.82, 2.24) is 29.8 Å². The minimum atomic E-state index is -0.715. The fourth-order valence-electron chi connectivity index (χ4n) is 3.14. The number of H-pyrrole nitrogens is 1. The molecule has 164 valence electrons.